The molecule has 0 aromatic carbocycles. The molecule has 2 aliphatic carbocycles. The summed E-state index contributed by atoms with van der Waals surface area (Å²) in [5.41, 5.74) is 0.953. The summed E-state index contributed by atoms with van der Waals surface area (Å²) in [6.07, 6.45) is 3.92. The Bertz CT molecular complexity index is 639. The Hall–Kier alpha value is -1.70. The summed E-state index contributed by atoms with van der Waals surface area (Å²) in [5, 5.41) is 38.9. The number of hydrogen-bond acceptors (Lipinski definition) is 6. The van der Waals surface area contributed by atoms with Crippen molar-refractivity contribution >= 4 is 11.9 Å². The average Bonchev–Trinajstić information content (AvgIpc) is 2.60. The van der Waals surface area contributed by atoms with Crippen LogP contribution in [0.1, 0.15) is 52.9 Å². The SMILES string of the molecule is CC(C)C(=O)O[C@H]1C[C@H](O)C=C2C=C[C@H](C)[C@H](CC[C@@H](O)C[C@@H](O)CC(=O)O)[C@H]21. The number of esters is 1. The maximum Gasteiger partial charge on any atom is 0.308 e. The zero-order valence-electron chi connectivity index (χ0n) is 17.4. The standard InChI is InChI=1S/C22H34O7/c1-12(2)22(28)29-19-10-16(24)8-14-5-4-13(3)18(21(14)19)7-6-15(23)9-17(25)11-20(26)27/h4-5,8,12-13,15-19,21,23-25H,6-7,9-11H2,1-3H3,(H,26,27)/t13-,15+,16+,17+,18-,19-,21-/m0/s1. The Morgan fingerprint density at radius 3 is 2.55 bits per heavy atom. The molecule has 0 heterocycles. The molecule has 0 aliphatic heterocycles. The Balaban J connectivity index is 2.08. The third-order valence-electron chi connectivity index (χ3n) is 5.90. The summed E-state index contributed by atoms with van der Waals surface area (Å²) >= 11 is 0. The van der Waals surface area contributed by atoms with Gasteiger partial charge < -0.3 is 25.2 Å². The minimum absolute atomic E-state index is 0.0150. The van der Waals surface area contributed by atoms with Crippen molar-refractivity contribution < 1.29 is 34.8 Å². The number of carbonyl (C=O) groups is 2. The Labute approximate surface area is 172 Å². The van der Waals surface area contributed by atoms with Crippen LogP contribution >= 0.6 is 0 Å². The number of aliphatic carboxylic acids is 1. The van der Waals surface area contributed by atoms with E-state index in [4.69, 9.17) is 9.84 Å². The first-order chi connectivity index (χ1) is 13.6. The first-order valence-corrected chi connectivity index (χ1v) is 10.4. The molecular weight excluding hydrogens is 376 g/mol. The molecule has 7 nitrogen and oxygen atoms in total. The fourth-order valence-corrected chi connectivity index (χ4v) is 4.37. The maximum atomic E-state index is 12.2. The summed E-state index contributed by atoms with van der Waals surface area (Å²) < 4.78 is 5.74. The quantitative estimate of drug-likeness (QED) is 0.429. The molecule has 0 saturated carbocycles. The molecule has 7 atom stereocenters. The summed E-state index contributed by atoms with van der Waals surface area (Å²) in [4.78, 5) is 22.9. The second-order valence-electron chi connectivity index (χ2n) is 8.73. The maximum absolute atomic E-state index is 12.2. The van der Waals surface area contributed by atoms with Gasteiger partial charge in [0.2, 0.25) is 0 Å². The first kappa shape index (κ1) is 23.6. The average molecular weight is 411 g/mol. The van der Waals surface area contributed by atoms with Gasteiger partial charge in [-0.1, -0.05) is 39.0 Å². The zero-order chi connectivity index (χ0) is 21.7. The van der Waals surface area contributed by atoms with E-state index in [-0.39, 0.29) is 42.5 Å². The van der Waals surface area contributed by atoms with Gasteiger partial charge in [0.25, 0.3) is 0 Å². The van der Waals surface area contributed by atoms with E-state index < -0.39 is 30.4 Å². The number of aliphatic hydroxyl groups excluding tert-OH is 3. The number of ether oxygens (including phenoxy) is 1. The Morgan fingerprint density at radius 1 is 1.24 bits per heavy atom. The normalized spacial score (nSPS) is 31.0. The van der Waals surface area contributed by atoms with E-state index in [2.05, 4.69) is 13.0 Å². The van der Waals surface area contributed by atoms with Crippen LogP contribution in [0.25, 0.3) is 0 Å². The molecule has 0 saturated heterocycles. The van der Waals surface area contributed by atoms with Gasteiger partial charge in [0.1, 0.15) is 6.10 Å². The van der Waals surface area contributed by atoms with Crippen LogP contribution in [0.4, 0.5) is 0 Å². The molecule has 7 heteroatoms. The van der Waals surface area contributed by atoms with Gasteiger partial charge in [-0.05, 0) is 36.7 Å². The summed E-state index contributed by atoms with van der Waals surface area (Å²) in [7, 11) is 0. The van der Waals surface area contributed by atoms with Crippen molar-refractivity contribution in [3.63, 3.8) is 0 Å². The lowest BCUT2D eigenvalue weighted by molar-refractivity contribution is -0.158. The van der Waals surface area contributed by atoms with Crippen LogP contribution in [0.3, 0.4) is 0 Å². The first-order valence-electron chi connectivity index (χ1n) is 10.4. The molecule has 0 fully saturated rings. The largest absolute Gasteiger partial charge is 0.481 e. The van der Waals surface area contributed by atoms with Gasteiger partial charge in [0.15, 0.2) is 0 Å². The molecule has 0 aromatic heterocycles. The predicted molar refractivity (Wildman–Crippen MR) is 107 cm³/mol. The molecule has 2 aliphatic rings. The lowest BCUT2D eigenvalue weighted by Gasteiger charge is -2.43. The van der Waals surface area contributed by atoms with Crippen molar-refractivity contribution in [1.82, 2.24) is 0 Å². The molecule has 0 aromatic rings. The number of hydrogen-bond donors (Lipinski definition) is 4. The van der Waals surface area contributed by atoms with Gasteiger partial charge in [0.05, 0.1) is 30.7 Å². The smallest absolute Gasteiger partial charge is 0.308 e. The van der Waals surface area contributed by atoms with Crippen molar-refractivity contribution in [2.75, 3.05) is 0 Å². The van der Waals surface area contributed by atoms with E-state index >= 15 is 0 Å². The van der Waals surface area contributed by atoms with Gasteiger partial charge in [-0.3, -0.25) is 9.59 Å². The number of fused-ring (bicyclic) bond motifs is 1. The highest BCUT2D eigenvalue weighted by Crippen LogP contribution is 2.44. The Kier molecular flexibility index (Phi) is 8.43. The molecule has 4 N–H and O–H groups in total. The molecule has 29 heavy (non-hydrogen) atoms. The van der Waals surface area contributed by atoms with Crippen LogP contribution in [0.2, 0.25) is 0 Å². The highest BCUT2D eigenvalue weighted by Gasteiger charge is 2.42. The minimum Gasteiger partial charge on any atom is -0.481 e. The number of carboxylic acid groups (broad SMARTS) is 1. The third-order valence-corrected chi connectivity index (χ3v) is 5.90. The van der Waals surface area contributed by atoms with Crippen LogP contribution in [0, 0.1) is 23.7 Å². The minimum atomic E-state index is -1.10. The molecule has 0 bridgehead atoms. The van der Waals surface area contributed by atoms with Gasteiger partial charge in [0, 0.05) is 12.3 Å². The summed E-state index contributed by atoms with van der Waals surface area (Å²) in [6.45, 7) is 5.63. The second-order valence-corrected chi connectivity index (χ2v) is 8.73. The van der Waals surface area contributed by atoms with Crippen molar-refractivity contribution in [2.45, 2.75) is 77.3 Å². The van der Waals surface area contributed by atoms with Crippen molar-refractivity contribution in [2.24, 2.45) is 23.7 Å². The van der Waals surface area contributed by atoms with E-state index in [0.717, 1.165) is 5.57 Å². The summed E-state index contributed by atoms with van der Waals surface area (Å²) in [5.74, 6) is -1.40. The van der Waals surface area contributed by atoms with Crippen LogP contribution in [-0.2, 0) is 14.3 Å². The fraction of sp³-hybridized carbons (Fsp3) is 0.727. The highest BCUT2D eigenvalue weighted by molar-refractivity contribution is 5.71. The fourth-order valence-electron chi connectivity index (χ4n) is 4.37. The Morgan fingerprint density at radius 2 is 1.93 bits per heavy atom. The number of rotatable bonds is 9. The number of allylic oxidation sites excluding steroid dienone is 2. The third kappa shape index (κ3) is 6.66. The van der Waals surface area contributed by atoms with Gasteiger partial charge in [-0.25, -0.2) is 0 Å². The molecule has 2 rings (SSSR count). The molecule has 0 spiro atoms. The van der Waals surface area contributed by atoms with Crippen LogP contribution < -0.4 is 0 Å². The van der Waals surface area contributed by atoms with Crippen LogP contribution in [0.15, 0.2) is 23.8 Å². The van der Waals surface area contributed by atoms with Crippen molar-refractivity contribution in [3.8, 4) is 0 Å². The second kappa shape index (κ2) is 10.4. The number of carboxylic acids is 1. The predicted octanol–water partition coefficient (Wildman–Crippen LogP) is 2.05. The topological polar surface area (TPSA) is 124 Å². The molecule has 164 valence electrons. The molecule has 0 amide bonds. The van der Waals surface area contributed by atoms with Gasteiger partial charge in [-0.2, -0.15) is 0 Å². The highest BCUT2D eigenvalue weighted by atomic mass is 16.5. The van der Waals surface area contributed by atoms with Crippen molar-refractivity contribution in [3.05, 3.63) is 23.8 Å². The van der Waals surface area contributed by atoms with Crippen LogP contribution in [-0.4, -0.2) is 56.8 Å². The van der Waals surface area contributed by atoms with E-state index in [1.165, 1.54) is 0 Å². The van der Waals surface area contributed by atoms with E-state index in [0.29, 0.717) is 19.3 Å². The summed E-state index contributed by atoms with van der Waals surface area (Å²) in [6, 6.07) is 0. The number of aliphatic hydroxyl groups is 3. The number of carbonyl (C=O) groups excluding carboxylic acids is 1. The van der Waals surface area contributed by atoms with Gasteiger partial charge in [-0.15, -0.1) is 0 Å². The lowest BCUT2D eigenvalue weighted by atomic mass is 9.66. The van der Waals surface area contributed by atoms with E-state index in [1.807, 2.05) is 12.2 Å². The van der Waals surface area contributed by atoms with E-state index in [9.17, 15) is 24.9 Å². The van der Waals surface area contributed by atoms with Crippen molar-refractivity contribution in [1.29, 1.82) is 0 Å². The molecule has 0 radical (unpaired) electrons. The molecular formula is C22H34O7. The van der Waals surface area contributed by atoms with E-state index in [1.54, 1.807) is 13.8 Å². The van der Waals surface area contributed by atoms with Crippen LogP contribution in [0.5, 0.6) is 0 Å². The molecule has 0 unspecified atom stereocenters. The zero-order valence-corrected chi connectivity index (χ0v) is 17.4. The lowest BCUT2D eigenvalue weighted by Crippen LogP contribution is -2.43. The monoisotopic (exact) mass is 410 g/mol. The van der Waals surface area contributed by atoms with Gasteiger partial charge >= 0.3 is 11.9 Å².